The van der Waals surface area contributed by atoms with Gasteiger partial charge < -0.3 is 5.32 Å². The van der Waals surface area contributed by atoms with Crippen molar-refractivity contribution in [2.24, 2.45) is 17.8 Å². The van der Waals surface area contributed by atoms with Crippen molar-refractivity contribution in [3.63, 3.8) is 0 Å². The van der Waals surface area contributed by atoms with Gasteiger partial charge in [0.1, 0.15) is 0 Å². The Labute approximate surface area is 108 Å². The van der Waals surface area contributed by atoms with Crippen LogP contribution in [0.5, 0.6) is 0 Å². The zero-order valence-corrected chi connectivity index (χ0v) is 11.2. The average molecular weight is 249 g/mol. The van der Waals surface area contributed by atoms with Crippen molar-refractivity contribution >= 4 is 0 Å². The van der Waals surface area contributed by atoms with Gasteiger partial charge in [0.2, 0.25) is 0 Å². The molecule has 0 bridgehead atoms. The third-order valence-electron chi connectivity index (χ3n) is 4.15. The Morgan fingerprint density at radius 3 is 2.61 bits per heavy atom. The lowest BCUT2D eigenvalue weighted by Crippen LogP contribution is -2.22. The van der Waals surface area contributed by atoms with E-state index in [0.29, 0.717) is 0 Å². The van der Waals surface area contributed by atoms with Gasteiger partial charge in [-0.15, -0.1) is 5.10 Å². The molecule has 0 spiro atoms. The van der Waals surface area contributed by atoms with Gasteiger partial charge in [-0.25, -0.2) is 4.68 Å². The highest BCUT2D eigenvalue weighted by Crippen LogP contribution is 2.49. The molecule has 0 unspecified atom stereocenters. The monoisotopic (exact) mass is 249 g/mol. The molecule has 0 aromatic carbocycles. The predicted octanol–water partition coefficient (Wildman–Crippen LogP) is 1.61. The van der Waals surface area contributed by atoms with Crippen LogP contribution in [0.15, 0.2) is 0 Å². The maximum atomic E-state index is 4.17. The van der Waals surface area contributed by atoms with Crippen LogP contribution in [0.25, 0.3) is 0 Å². The van der Waals surface area contributed by atoms with E-state index in [1.807, 2.05) is 4.68 Å². The molecule has 0 aliphatic heterocycles. The van der Waals surface area contributed by atoms with Gasteiger partial charge in [-0.3, -0.25) is 0 Å². The number of nitrogens with zero attached hydrogens (tertiary/aromatic N) is 4. The van der Waals surface area contributed by atoms with Crippen LogP contribution >= 0.6 is 0 Å². The van der Waals surface area contributed by atoms with E-state index >= 15 is 0 Å². The Balaban J connectivity index is 1.58. The van der Waals surface area contributed by atoms with Crippen LogP contribution in [0.1, 0.15) is 44.9 Å². The van der Waals surface area contributed by atoms with Crippen molar-refractivity contribution in [2.45, 2.75) is 52.1 Å². The van der Waals surface area contributed by atoms with Gasteiger partial charge in [0.15, 0.2) is 5.82 Å². The molecule has 1 aromatic rings. The molecule has 2 saturated carbocycles. The highest BCUT2D eigenvalue weighted by atomic mass is 15.5. The van der Waals surface area contributed by atoms with Crippen molar-refractivity contribution in [3.05, 3.63) is 5.82 Å². The first kappa shape index (κ1) is 12.1. The second-order valence-electron chi connectivity index (χ2n) is 5.79. The number of hydrogen-bond acceptors (Lipinski definition) is 4. The minimum Gasteiger partial charge on any atom is -0.310 e. The Bertz CT molecular complexity index is 368. The molecule has 1 heterocycles. The molecule has 100 valence electrons. The third-order valence-corrected chi connectivity index (χ3v) is 4.15. The van der Waals surface area contributed by atoms with Crippen LogP contribution < -0.4 is 5.32 Å². The third kappa shape index (κ3) is 2.88. The van der Waals surface area contributed by atoms with Crippen molar-refractivity contribution in [1.29, 1.82) is 0 Å². The highest BCUT2D eigenvalue weighted by Gasteiger charge is 2.41. The van der Waals surface area contributed by atoms with E-state index < -0.39 is 0 Å². The first-order valence-corrected chi connectivity index (χ1v) is 7.34. The lowest BCUT2D eigenvalue weighted by atomic mass is 9.98. The molecular weight excluding hydrogens is 226 g/mol. The Morgan fingerprint density at radius 1 is 1.28 bits per heavy atom. The molecule has 18 heavy (non-hydrogen) atoms. The van der Waals surface area contributed by atoms with Crippen molar-refractivity contribution in [2.75, 3.05) is 6.54 Å². The molecule has 1 aromatic heterocycles. The second kappa shape index (κ2) is 5.34. The fourth-order valence-corrected chi connectivity index (χ4v) is 2.80. The topological polar surface area (TPSA) is 55.6 Å². The number of tetrazole rings is 1. The lowest BCUT2D eigenvalue weighted by Gasteiger charge is -2.15. The van der Waals surface area contributed by atoms with Gasteiger partial charge >= 0.3 is 0 Å². The largest absolute Gasteiger partial charge is 0.310 e. The molecule has 5 nitrogen and oxygen atoms in total. The van der Waals surface area contributed by atoms with Gasteiger partial charge in [-0.1, -0.05) is 6.92 Å². The number of aromatic nitrogens is 4. The first-order valence-electron chi connectivity index (χ1n) is 7.34. The maximum absolute atomic E-state index is 4.17. The molecule has 0 atom stereocenters. The predicted molar refractivity (Wildman–Crippen MR) is 68.8 cm³/mol. The molecule has 0 amide bonds. The van der Waals surface area contributed by atoms with Gasteiger partial charge in [-0.2, -0.15) is 0 Å². The van der Waals surface area contributed by atoms with Crippen LogP contribution in [0, 0.1) is 17.8 Å². The average Bonchev–Trinajstić information content (AvgIpc) is 3.28. The van der Waals surface area contributed by atoms with E-state index in [9.17, 15) is 0 Å². The molecule has 2 aliphatic carbocycles. The van der Waals surface area contributed by atoms with Gasteiger partial charge in [0, 0.05) is 6.54 Å². The van der Waals surface area contributed by atoms with E-state index in [0.717, 1.165) is 49.6 Å². The first-order chi connectivity index (χ1) is 8.88. The summed E-state index contributed by atoms with van der Waals surface area (Å²) in [6, 6.07) is 0. The summed E-state index contributed by atoms with van der Waals surface area (Å²) in [5, 5.41) is 15.5. The van der Waals surface area contributed by atoms with E-state index in [1.54, 1.807) is 0 Å². The van der Waals surface area contributed by atoms with Gasteiger partial charge in [0.05, 0.1) is 6.54 Å². The number of nitrogens with one attached hydrogen (secondary N) is 1. The maximum Gasteiger partial charge on any atom is 0.165 e. The summed E-state index contributed by atoms with van der Waals surface area (Å²) in [5.41, 5.74) is 0. The fourth-order valence-electron chi connectivity index (χ4n) is 2.80. The Hall–Kier alpha value is -0.970. The lowest BCUT2D eigenvalue weighted by molar-refractivity contribution is 0.323. The van der Waals surface area contributed by atoms with Crippen LogP contribution in [-0.2, 0) is 13.1 Å². The van der Waals surface area contributed by atoms with Gasteiger partial charge in [-0.05, 0) is 66.8 Å². The smallest absolute Gasteiger partial charge is 0.165 e. The Morgan fingerprint density at radius 2 is 2.00 bits per heavy atom. The fraction of sp³-hybridized carbons (Fsp3) is 0.923. The number of hydrogen-bond donors (Lipinski definition) is 1. The van der Waals surface area contributed by atoms with E-state index in [4.69, 9.17) is 0 Å². The van der Waals surface area contributed by atoms with Crippen LogP contribution in [0.4, 0.5) is 0 Å². The molecule has 1 N–H and O–H groups in total. The van der Waals surface area contributed by atoms with Crippen molar-refractivity contribution < 1.29 is 0 Å². The summed E-state index contributed by atoms with van der Waals surface area (Å²) in [6.45, 7) is 5.03. The molecule has 2 aliphatic rings. The summed E-state index contributed by atoms with van der Waals surface area (Å²) in [7, 11) is 0. The molecule has 3 rings (SSSR count). The molecule has 0 radical (unpaired) electrons. The Kier molecular flexibility index (Phi) is 3.59. The summed E-state index contributed by atoms with van der Waals surface area (Å²) in [4.78, 5) is 0. The molecule has 5 heteroatoms. The minimum atomic E-state index is 0.795. The van der Waals surface area contributed by atoms with Crippen molar-refractivity contribution in [3.8, 4) is 0 Å². The highest BCUT2D eigenvalue weighted by molar-refractivity contribution is 4.92. The van der Waals surface area contributed by atoms with Crippen molar-refractivity contribution in [1.82, 2.24) is 25.5 Å². The summed E-state index contributed by atoms with van der Waals surface area (Å²) in [5.74, 6) is 3.74. The standard InChI is InChI=1S/C13H23N5/c1-2-7-14-8-13-15-16-17-18(13)9-12(10-3-4-10)11-5-6-11/h10-12,14H,2-9H2,1H3. The zero-order chi connectivity index (χ0) is 12.4. The molecule has 2 fully saturated rings. The van der Waals surface area contributed by atoms with Crippen LogP contribution in [0.2, 0.25) is 0 Å². The molecular formula is C13H23N5. The van der Waals surface area contributed by atoms with E-state index in [1.165, 1.54) is 25.7 Å². The second-order valence-corrected chi connectivity index (χ2v) is 5.79. The summed E-state index contributed by atoms with van der Waals surface area (Å²) in [6.07, 6.45) is 6.84. The number of rotatable bonds is 8. The zero-order valence-electron chi connectivity index (χ0n) is 11.2. The van der Waals surface area contributed by atoms with Gasteiger partial charge in [0.25, 0.3) is 0 Å². The minimum absolute atomic E-state index is 0.795. The summed E-state index contributed by atoms with van der Waals surface area (Å²) >= 11 is 0. The quantitative estimate of drug-likeness (QED) is 0.711. The summed E-state index contributed by atoms with van der Waals surface area (Å²) < 4.78 is 2.03. The SMILES string of the molecule is CCCNCc1nnnn1CC(C1CC1)C1CC1. The van der Waals surface area contributed by atoms with E-state index in [2.05, 4.69) is 27.8 Å². The normalized spacial score (nSPS) is 19.7. The van der Waals surface area contributed by atoms with Crippen LogP contribution in [0.3, 0.4) is 0 Å². The van der Waals surface area contributed by atoms with E-state index in [-0.39, 0.29) is 0 Å². The molecule has 0 saturated heterocycles. The van der Waals surface area contributed by atoms with Crippen LogP contribution in [-0.4, -0.2) is 26.8 Å².